The van der Waals surface area contributed by atoms with Crippen LogP contribution in [0.1, 0.15) is 74.5 Å². The van der Waals surface area contributed by atoms with Crippen molar-refractivity contribution in [2.45, 2.75) is 59.5 Å². The molecule has 1 unspecified atom stereocenters. The van der Waals surface area contributed by atoms with Gasteiger partial charge in [0.05, 0.1) is 42.8 Å². The fourth-order valence-electron chi connectivity index (χ4n) is 4.37. The molecule has 0 aromatic heterocycles. The number of hydrogen-bond donors (Lipinski definition) is 2. The average molecular weight is 538 g/mol. The number of ether oxygens (including phenoxy) is 2. The van der Waals surface area contributed by atoms with Crippen molar-refractivity contribution >= 4 is 29.4 Å². The van der Waals surface area contributed by atoms with Gasteiger partial charge in [-0.15, -0.1) is 0 Å². The van der Waals surface area contributed by atoms with Gasteiger partial charge >= 0.3 is 5.97 Å². The summed E-state index contributed by atoms with van der Waals surface area (Å²) in [6.45, 7) is 7.51. The maximum Gasteiger partial charge on any atom is 0.337 e. The van der Waals surface area contributed by atoms with E-state index in [1.807, 2.05) is 13.0 Å². The van der Waals surface area contributed by atoms with Gasteiger partial charge in [0.2, 0.25) is 5.91 Å². The number of amides is 3. The Labute approximate surface area is 227 Å². The fraction of sp³-hybridized carbons (Fsp3) is 0.448. The summed E-state index contributed by atoms with van der Waals surface area (Å²) < 4.78 is 11.1. The summed E-state index contributed by atoms with van der Waals surface area (Å²) in [7, 11) is 1.53. The number of hydrogen-bond acceptors (Lipinski definition) is 7. The van der Waals surface area contributed by atoms with Crippen molar-refractivity contribution in [3.05, 3.63) is 53.1 Å². The van der Waals surface area contributed by atoms with E-state index in [9.17, 15) is 19.2 Å². The van der Waals surface area contributed by atoms with Crippen molar-refractivity contribution in [1.29, 1.82) is 0 Å². The van der Waals surface area contributed by atoms with Gasteiger partial charge in [-0.1, -0.05) is 18.2 Å². The van der Waals surface area contributed by atoms with Crippen molar-refractivity contribution in [2.24, 2.45) is 11.3 Å². The van der Waals surface area contributed by atoms with Crippen molar-refractivity contribution < 1.29 is 33.5 Å². The van der Waals surface area contributed by atoms with Crippen LogP contribution in [0.4, 0.5) is 5.69 Å². The van der Waals surface area contributed by atoms with Crippen LogP contribution in [0.3, 0.4) is 0 Å². The Morgan fingerprint density at radius 1 is 1.10 bits per heavy atom. The second-order valence-electron chi connectivity index (χ2n) is 10.8. The van der Waals surface area contributed by atoms with E-state index in [0.29, 0.717) is 34.9 Å². The molecule has 0 bridgehead atoms. The molecule has 1 heterocycles. The molecule has 1 aliphatic heterocycles. The fourth-order valence-corrected chi connectivity index (χ4v) is 4.37. The summed E-state index contributed by atoms with van der Waals surface area (Å²) >= 11 is 0. The first-order chi connectivity index (χ1) is 18.5. The van der Waals surface area contributed by atoms with Gasteiger partial charge in [-0.25, -0.2) is 4.79 Å². The number of carbonyl (C=O) groups excluding carboxylic acids is 4. The summed E-state index contributed by atoms with van der Waals surface area (Å²) in [4.78, 5) is 58.0. The van der Waals surface area contributed by atoms with Crippen LogP contribution in [0.2, 0.25) is 0 Å². The first-order valence-corrected chi connectivity index (χ1v) is 13.1. The third-order valence-corrected chi connectivity index (χ3v) is 6.67. The SMILES string of the molecule is CCOc1cc(C(CC(=O)NOC(=O)C(C)(C)C)N2Cc3cccc(NC(=O)C4CC4)c3C2=O)ccc1OC. The lowest BCUT2D eigenvalue weighted by Gasteiger charge is -2.28. The van der Waals surface area contributed by atoms with E-state index in [0.717, 1.165) is 18.4 Å². The molecule has 2 aliphatic rings. The lowest BCUT2D eigenvalue weighted by atomic mass is 9.98. The van der Waals surface area contributed by atoms with Gasteiger partial charge in [-0.3, -0.25) is 14.4 Å². The van der Waals surface area contributed by atoms with Crippen LogP contribution in [0.5, 0.6) is 11.5 Å². The van der Waals surface area contributed by atoms with Gasteiger partial charge in [0, 0.05) is 12.5 Å². The van der Waals surface area contributed by atoms with E-state index in [1.165, 1.54) is 7.11 Å². The number of hydroxylamine groups is 1. The number of nitrogens with zero attached hydrogens (tertiary/aromatic N) is 1. The second kappa shape index (κ2) is 11.3. The minimum absolute atomic E-state index is 0.0167. The number of rotatable bonds is 9. The molecule has 0 spiro atoms. The first kappa shape index (κ1) is 27.9. The maximum atomic E-state index is 13.8. The Morgan fingerprint density at radius 2 is 1.85 bits per heavy atom. The molecule has 2 N–H and O–H groups in total. The summed E-state index contributed by atoms with van der Waals surface area (Å²) in [5.41, 5.74) is 3.69. The zero-order valence-corrected chi connectivity index (χ0v) is 23.0. The lowest BCUT2D eigenvalue weighted by Crippen LogP contribution is -2.37. The van der Waals surface area contributed by atoms with E-state index in [1.54, 1.807) is 56.0 Å². The highest BCUT2D eigenvalue weighted by atomic mass is 16.7. The molecule has 0 radical (unpaired) electrons. The van der Waals surface area contributed by atoms with Crippen molar-refractivity contribution in [3.63, 3.8) is 0 Å². The standard InChI is InChI=1S/C29H35N3O7/c1-6-38-23-14-18(12-13-22(23)37-5)21(15-24(33)31-39-28(36)29(2,3)4)32-16-19-8-7-9-20(25(19)27(32)35)30-26(34)17-10-11-17/h7-9,12-14,17,21H,6,10-11,15-16H2,1-5H3,(H,30,34)(H,31,33). The van der Waals surface area contributed by atoms with Gasteiger partial charge in [0.1, 0.15) is 0 Å². The number of methoxy groups -OCH3 is 1. The highest BCUT2D eigenvalue weighted by Crippen LogP contribution is 2.40. The summed E-state index contributed by atoms with van der Waals surface area (Å²) in [5, 5.41) is 2.90. The second-order valence-corrected chi connectivity index (χ2v) is 10.8. The molecule has 2 aromatic rings. The minimum Gasteiger partial charge on any atom is -0.493 e. The van der Waals surface area contributed by atoms with Crippen molar-refractivity contribution in [1.82, 2.24) is 10.4 Å². The molecule has 1 atom stereocenters. The Hall–Kier alpha value is -4.08. The zero-order valence-electron chi connectivity index (χ0n) is 23.0. The van der Waals surface area contributed by atoms with Crippen LogP contribution in [-0.4, -0.2) is 42.3 Å². The molecule has 39 heavy (non-hydrogen) atoms. The monoisotopic (exact) mass is 537 g/mol. The van der Waals surface area contributed by atoms with E-state index in [4.69, 9.17) is 14.3 Å². The minimum atomic E-state index is -0.803. The Balaban J connectivity index is 1.64. The molecular weight excluding hydrogens is 502 g/mol. The van der Waals surface area contributed by atoms with Gasteiger partial charge in [0.25, 0.3) is 11.8 Å². The maximum absolute atomic E-state index is 13.8. The summed E-state index contributed by atoms with van der Waals surface area (Å²) in [5.74, 6) is -0.587. The molecule has 10 heteroatoms. The third-order valence-electron chi connectivity index (χ3n) is 6.67. The van der Waals surface area contributed by atoms with Crippen LogP contribution >= 0.6 is 0 Å². The van der Waals surface area contributed by atoms with Gasteiger partial charge in [-0.2, -0.15) is 5.48 Å². The molecule has 1 saturated carbocycles. The van der Waals surface area contributed by atoms with Crippen molar-refractivity contribution in [2.75, 3.05) is 19.0 Å². The van der Waals surface area contributed by atoms with E-state index >= 15 is 0 Å². The lowest BCUT2D eigenvalue weighted by molar-refractivity contribution is -0.166. The molecule has 1 fully saturated rings. The predicted molar refractivity (Wildman–Crippen MR) is 143 cm³/mol. The molecule has 4 rings (SSSR count). The Kier molecular flexibility index (Phi) is 8.13. The summed E-state index contributed by atoms with van der Waals surface area (Å²) in [6.07, 6.45) is 1.51. The van der Waals surface area contributed by atoms with Gasteiger partial charge < -0.3 is 24.5 Å². The smallest absolute Gasteiger partial charge is 0.337 e. The Morgan fingerprint density at radius 3 is 2.49 bits per heavy atom. The van der Waals surface area contributed by atoms with Crippen LogP contribution in [0.25, 0.3) is 0 Å². The molecule has 2 aromatic carbocycles. The van der Waals surface area contributed by atoms with Crippen LogP contribution in [-0.2, 0) is 25.8 Å². The van der Waals surface area contributed by atoms with Gasteiger partial charge in [0.15, 0.2) is 11.5 Å². The van der Waals surface area contributed by atoms with Crippen molar-refractivity contribution in [3.8, 4) is 11.5 Å². The molecule has 3 amide bonds. The van der Waals surface area contributed by atoms with Crippen LogP contribution < -0.4 is 20.3 Å². The molecule has 208 valence electrons. The molecule has 10 nitrogen and oxygen atoms in total. The third kappa shape index (κ3) is 6.32. The van der Waals surface area contributed by atoms with Crippen LogP contribution in [0.15, 0.2) is 36.4 Å². The van der Waals surface area contributed by atoms with E-state index in [2.05, 4.69) is 10.8 Å². The predicted octanol–water partition coefficient (Wildman–Crippen LogP) is 4.15. The number of carbonyl (C=O) groups is 4. The zero-order chi connectivity index (χ0) is 28.3. The first-order valence-electron chi connectivity index (χ1n) is 13.1. The van der Waals surface area contributed by atoms with E-state index < -0.39 is 23.3 Å². The average Bonchev–Trinajstić information content (AvgIpc) is 3.69. The largest absolute Gasteiger partial charge is 0.493 e. The van der Waals surface area contributed by atoms with Crippen LogP contribution in [0, 0.1) is 11.3 Å². The summed E-state index contributed by atoms with van der Waals surface area (Å²) in [6, 6.07) is 9.86. The highest BCUT2D eigenvalue weighted by molar-refractivity contribution is 6.07. The van der Waals surface area contributed by atoms with E-state index in [-0.39, 0.29) is 30.7 Å². The molecule has 1 aliphatic carbocycles. The molecule has 0 saturated heterocycles. The topological polar surface area (TPSA) is 123 Å². The number of nitrogens with one attached hydrogen (secondary N) is 2. The number of fused-ring (bicyclic) bond motifs is 1. The quantitative estimate of drug-likeness (QED) is 0.461. The highest BCUT2D eigenvalue weighted by Gasteiger charge is 2.38. The Bertz CT molecular complexity index is 1280. The number of benzene rings is 2. The number of anilines is 1. The molecular formula is C29H35N3O7. The normalized spacial score (nSPS) is 15.3. The van der Waals surface area contributed by atoms with Gasteiger partial charge in [-0.05, 0) is 69.9 Å².